The van der Waals surface area contributed by atoms with Gasteiger partial charge in [-0.2, -0.15) is 0 Å². The van der Waals surface area contributed by atoms with Crippen LogP contribution in [0.1, 0.15) is 16.1 Å². The average Bonchev–Trinajstić information content (AvgIpc) is 3.25. The molecular weight excluding hydrogens is 392 g/mol. The van der Waals surface area contributed by atoms with E-state index >= 15 is 0 Å². The Balaban J connectivity index is 1.53. The highest BCUT2D eigenvalue weighted by molar-refractivity contribution is 6.04. The molecule has 0 unspecified atom stereocenters. The summed E-state index contributed by atoms with van der Waals surface area (Å²) in [6.07, 6.45) is 1.67. The second kappa shape index (κ2) is 8.75. The van der Waals surface area contributed by atoms with Crippen molar-refractivity contribution in [3.05, 3.63) is 84.3 Å². The van der Waals surface area contributed by atoms with E-state index in [2.05, 4.69) is 10.3 Å². The van der Waals surface area contributed by atoms with Gasteiger partial charge in [-0.1, -0.05) is 12.1 Å². The van der Waals surface area contributed by atoms with E-state index in [0.717, 1.165) is 28.2 Å². The molecule has 2 aromatic carbocycles. The molecule has 156 valence electrons. The highest BCUT2D eigenvalue weighted by Gasteiger charge is 2.12. The molecule has 0 fully saturated rings. The number of anilines is 1. The number of ether oxygens (including phenoxy) is 2. The number of aromatic nitrogens is 1. The molecule has 4 aromatic rings. The number of amides is 1. The number of hydrogen-bond donors (Lipinski definition) is 1. The maximum absolute atomic E-state index is 12.8. The molecule has 0 radical (unpaired) electrons. The van der Waals surface area contributed by atoms with Gasteiger partial charge in [-0.15, -0.1) is 0 Å². The second-order valence-electron chi connectivity index (χ2n) is 6.94. The van der Waals surface area contributed by atoms with Gasteiger partial charge in [0.05, 0.1) is 14.2 Å². The third-order valence-corrected chi connectivity index (χ3v) is 4.87. The molecule has 0 atom stereocenters. The quantitative estimate of drug-likeness (QED) is 0.445. The van der Waals surface area contributed by atoms with Crippen LogP contribution in [0.2, 0.25) is 0 Å². The van der Waals surface area contributed by atoms with Gasteiger partial charge < -0.3 is 19.2 Å². The van der Waals surface area contributed by atoms with Crippen LogP contribution in [0.4, 0.5) is 5.82 Å². The molecule has 0 aliphatic heterocycles. The zero-order valence-corrected chi connectivity index (χ0v) is 17.5. The summed E-state index contributed by atoms with van der Waals surface area (Å²) < 4.78 is 16.3. The van der Waals surface area contributed by atoms with Gasteiger partial charge in [0.2, 0.25) is 0 Å². The second-order valence-corrected chi connectivity index (χ2v) is 6.94. The minimum atomic E-state index is -0.247. The molecule has 2 aromatic heterocycles. The van der Waals surface area contributed by atoms with Gasteiger partial charge in [0.15, 0.2) is 0 Å². The molecule has 0 saturated carbocycles. The summed E-state index contributed by atoms with van der Waals surface area (Å²) in [5.74, 6) is 3.16. The lowest BCUT2D eigenvalue weighted by molar-refractivity contribution is 0.102. The number of carbonyl (C=O) groups is 1. The van der Waals surface area contributed by atoms with Crippen molar-refractivity contribution in [1.29, 1.82) is 0 Å². The lowest BCUT2D eigenvalue weighted by Gasteiger charge is -2.12. The smallest absolute Gasteiger partial charge is 0.256 e. The Bertz CT molecular complexity index is 1210. The van der Waals surface area contributed by atoms with Gasteiger partial charge in [0.1, 0.15) is 28.8 Å². The Labute approximate surface area is 180 Å². The Morgan fingerprint density at radius 1 is 0.935 bits per heavy atom. The standard InChI is InChI=1S/C25H22N2O4/c1-16-7-11-22(31-16)19-8-12-24(26-15-19)27-25(28)18-6-4-5-17(13-18)21-10-9-20(29-2)14-23(21)30-3/h4-15H,1-3H3,(H,26,27,28). The third-order valence-electron chi connectivity index (χ3n) is 4.87. The van der Waals surface area contributed by atoms with Crippen LogP contribution in [0.15, 0.2) is 77.3 Å². The highest BCUT2D eigenvalue weighted by atomic mass is 16.5. The molecule has 6 heteroatoms. The highest BCUT2D eigenvalue weighted by Crippen LogP contribution is 2.33. The maximum Gasteiger partial charge on any atom is 0.256 e. The molecule has 6 nitrogen and oxygen atoms in total. The van der Waals surface area contributed by atoms with Crippen LogP contribution in [0.3, 0.4) is 0 Å². The summed E-state index contributed by atoms with van der Waals surface area (Å²) in [4.78, 5) is 17.1. The van der Waals surface area contributed by atoms with E-state index in [1.54, 1.807) is 32.5 Å². The van der Waals surface area contributed by atoms with Gasteiger partial charge >= 0.3 is 0 Å². The number of nitrogens with zero attached hydrogens (tertiary/aromatic N) is 1. The Morgan fingerprint density at radius 3 is 2.48 bits per heavy atom. The predicted molar refractivity (Wildman–Crippen MR) is 120 cm³/mol. The molecule has 0 aliphatic rings. The first-order valence-electron chi connectivity index (χ1n) is 9.74. The van der Waals surface area contributed by atoms with E-state index in [1.807, 2.05) is 61.5 Å². The minimum Gasteiger partial charge on any atom is -0.497 e. The fourth-order valence-electron chi connectivity index (χ4n) is 3.26. The van der Waals surface area contributed by atoms with Crippen molar-refractivity contribution >= 4 is 11.7 Å². The summed E-state index contributed by atoms with van der Waals surface area (Å²) in [5, 5.41) is 2.84. The maximum atomic E-state index is 12.8. The van der Waals surface area contributed by atoms with Crippen LogP contribution < -0.4 is 14.8 Å². The van der Waals surface area contributed by atoms with Crippen molar-refractivity contribution in [3.63, 3.8) is 0 Å². The monoisotopic (exact) mass is 414 g/mol. The number of methoxy groups -OCH3 is 2. The van der Waals surface area contributed by atoms with Crippen molar-refractivity contribution in [2.75, 3.05) is 19.5 Å². The van der Waals surface area contributed by atoms with Crippen LogP contribution >= 0.6 is 0 Å². The largest absolute Gasteiger partial charge is 0.497 e. The molecular formula is C25H22N2O4. The van der Waals surface area contributed by atoms with E-state index in [1.165, 1.54) is 0 Å². The minimum absolute atomic E-state index is 0.247. The SMILES string of the molecule is COc1ccc(-c2cccc(C(=O)Nc3ccc(-c4ccc(C)o4)cn3)c2)c(OC)c1. The lowest BCUT2D eigenvalue weighted by Crippen LogP contribution is -2.12. The van der Waals surface area contributed by atoms with Crippen molar-refractivity contribution in [2.24, 2.45) is 0 Å². The number of rotatable bonds is 6. The normalized spacial score (nSPS) is 10.5. The average molecular weight is 414 g/mol. The van der Waals surface area contributed by atoms with Crippen LogP contribution in [0.25, 0.3) is 22.5 Å². The van der Waals surface area contributed by atoms with E-state index in [0.29, 0.717) is 22.9 Å². The van der Waals surface area contributed by atoms with Gasteiger partial charge in [0, 0.05) is 29.0 Å². The number of hydrogen-bond acceptors (Lipinski definition) is 5. The summed E-state index contributed by atoms with van der Waals surface area (Å²) in [7, 11) is 3.21. The molecule has 0 spiro atoms. The molecule has 0 saturated heterocycles. The Kier molecular flexibility index (Phi) is 5.71. The molecule has 0 bridgehead atoms. The van der Waals surface area contributed by atoms with Crippen LogP contribution in [-0.2, 0) is 0 Å². The number of furan rings is 1. The van der Waals surface area contributed by atoms with Gasteiger partial charge in [0.25, 0.3) is 5.91 Å². The predicted octanol–water partition coefficient (Wildman–Crippen LogP) is 5.59. The number of aryl methyl sites for hydroxylation is 1. The molecule has 0 aliphatic carbocycles. The zero-order chi connectivity index (χ0) is 21.8. The molecule has 4 rings (SSSR count). The fraction of sp³-hybridized carbons (Fsp3) is 0.120. The summed E-state index contributed by atoms with van der Waals surface area (Å²) >= 11 is 0. The first kappa shape index (κ1) is 20.2. The Morgan fingerprint density at radius 2 is 1.81 bits per heavy atom. The van der Waals surface area contributed by atoms with Crippen LogP contribution in [-0.4, -0.2) is 25.1 Å². The summed E-state index contributed by atoms with van der Waals surface area (Å²) in [6.45, 7) is 1.89. The number of carbonyl (C=O) groups excluding carboxylic acids is 1. The van der Waals surface area contributed by atoms with Gasteiger partial charge in [-0.25, -0.2) is 4.98 Å². The first-order chi connectivity index (χ1) is 15.1. The van der Waals surface area contributed by atoms with Crippen LogP contribution in [0, 0.1) is 6.92 Å². The molecule has 1 amide bonds. The van der Waals surface area contributed by atoms with E-state index in [4.69, 9.17) is 13.9 Å². The number of benzene rings is 2. The van der Waals surface area contributed by atoms with E-state index < -0.39 is 0 Å². The van der Waals surface area contributed by atoms with Crippen molar-refractivity contribution in [2.45, 2.75) is 6.92 Å². The molecule has 2 heterocycles. The zero-order valence-electron chi connectivity index (χ0n) is 17.5. The topological polar surface area (TPSA) is 73.6 Å². The fourth-order valence-corrected chi connectivity index (χ4v) is 3.26. The van der Waals surface area contributed by atoms with Gasteiger partial charge in [-0.3, -0.25) is 4.79 Å². The van der Waals surface area contributed by atoms with Crippen LogP contribution in [0.5, 0.6) is 11.5 Å². The van der Waals surface area contributed by atoms with Crippen molar-refractivity contribution < 1.29 is 18.7 Å². The molecule has 1 N–H and O–H groups in total. The van der Waals surface area contributed by atoms with Crippen molar-refractivity contribution in [3.8, 4) is 33.9 Å². The van der Waals surface area contributed by atoms with E-state index in [9.17, 15) is 4.79 Å². The van der Waals surface area contributed by atoms with Crippen molar-refractivity contribution in [1.82, 2.24) is 4.98 Å². The Hall–Kier alpha value is -4.06. The number of nitrogens with one attached hydrogen (secondary N) is 1. The molecule has 31 heavy (non-hydrogen) atoms. The summed E-state index contributed by atoms with van der Waals surface area (Å²) in [5.41, 5.74) is 3.10. The first-order valence-corrected chi connectivity index (χ1v) is 9.74. The lowest BCUT2D eigenvalue weighted by atomic mass is 10.0. The van der Waals surface area contributed by atoms with E-state index in [-0.39, 0.29) is 5.91 Å². The summed E-state index contributed by atoms with van der Waals surface area (Å²) in [6, 6.07) is 20.3. The third kappa shape index (κ3) is 4.43. The number of pyridine rings is 1. The van der Waals surface area contributed by atoms with Gasteiger partial charge in [-0.05, 0) is 61.0 Å².